The number of rotatable bonds is 4. The van der Waals surface area contributed by atoms with Gasteiger partial charge in [-0.3, -0.25) is 0 Å². The van der Waals surface area contributed by atoms with Gasteiger partial charge in [-0.1, -0.05) is 42.5 Å². The highest BCUT2D eigenvalue weighted by Gasteiger charge is 2.08. The molecule has 0 atom stereocenters. The highest BCUT2D eigenvalue weighted by atomic mass is 32.2. The first kappa shape index (κ1) is 11.0. The summed E-state index contributed by atoms with van der Waals surface area (Å²) in [6, 6.07) is 9.23. The van der Waals surface area contributed by atoms with Crippen molar-refractivity contribution < 1.29 is 8.42 Å². The molecule has 1 aromatic carbocycles. The van der Waals surface area contributed by atoms with Gasteiger partial charge in [0.2, 0.25) is 0 Å². The molecule has 0 aromatic heterocycles. The van der Waals surface area contributed by atoms with Gasteiger partial charge < -0.3 is 0 Å². The molecule has 0 N–H and O–H groups in total. The predicted octanol–water partition coefficient (Wildman–Crippen LogP) is 2.18. The third-order valence-electron chi connectivity index (χ3n) is 1.82. The molecule has 0 saturated carbocycles. The first-order valence-corrected chi connectivity index (χ1v) is 6.32. The van der Waals surface area contributed by atoms with Crippen LogP contribution in [0.1, 0.15) is 12.5 Å². The molecular weight excluding hydrogens is 196 g/mol. The number of benzene rings is 1. The largest absolute Gasteiger partial charge is 0.228 e. The molecule has 0 aliphatic rings. The maximum absolute atomic E-state index is 11.5. The minimum absolute atomic E-state index is 0.123. The van der Waals surface area contributed by atoms with Crippen molar-refractivity contribution in [1.82, 2.24) is 0 Å². The van der Waals surface area contributed by atoms with E-state index in [1.54, 1.807) is 12.2 Å². The minimum atomic E-state index is -2.98. The van der Waals surface area contributed by atoms with Crippen molar-refractivity contribution in [3.8, 4) is 0 Å². The lowest BCUT2D eigenvalue weighted by Gasteiger charge is -2.00. The van der Waals surface area contributed by atoms with Gasteiger partial charge in [-0.05, 0) is 12.5 Å². The van der Waals surface area contributed by atoms with E-state index in [4.69, 9.17) is 0 Å². The molecular formula is C11H14O2S. The van der Waals surface area contributed by atoms with Crippen LogP contribution in [0.3, 0.4) is 0 Å². The van der Waals surface area contributed by atoms with Crippen molar-refractivity contribution in [3.05, 3.63) is 48.0 Å². The molecule has 1 rings (SSSR count). The average molecular weight is 210 g/mol. The van der Waals surface area contributed by atoms with Crippen molar-refractivity contribution >= 4 is 9.84 Å². The van der Waals surface area contributed by atoms with Crippen LogP contribution >= 0.6 is 0 Å². The summed E-state index contributed by atoms with van der Waals surface area (Å²) >= 11 is 0. The Morgan fingerprint density at radius 1 is 1.21 bits per heavy atom. The van der Waals surface area contributed by atoms with Crippen LogP contribution in [-0.4, -0.2) is 14.2 Å². The van der Waals surface area contributed by atoms with Crippen molar-refractivity contribution in [3.63, 3.8) is 0 Å². The Labute approximate surface area is 85.2 Å². The predicted molar refractivity (Wildman–Crippen MR) is 58.7 cm³/mol. The first-order chi connectivity index (χ1) is 6.64. The van der Waals surface area contributed by atoms with E-state index in [-0.39, 0.29) is 11.5 Å². The van der Waals surface area contributed by atoms with Gasteiger partial charge in [0.15, 0.2) is 9.84 Å². The average Bonchev–Trinajstić information content (AvgIpc) is 2.16. The van der Waals surface area contributed by atoms with Crippen molar-refractivity contribution in [2.24, 2.45) is 0 Å². The molecule has 0 fully saturated rings. The molecule has 14 heavy (non-hydrogen) atoms. The van der Waals surface area contributed by atoms with Gasteiger partial charge in [-0.25, -0.2) is 8.42 Å². The van der Waals surface area contributed by atoms with Crippen LogP contribution < -0.4 is 0 Å². The van der Waals surface area contributed by atoms with E-state index in [1.165, 1.54) is 0 Å². The van der Waals surface area contributed by atoms with E-state index in [2.05, 4.69) is 0 Å². The fraction of sp³-hybridized carbons (Fsp3) is 0.273. The number of hydrogen-bond acceptors (Lipinski definition) is 2. The summed E-state index contributed by atoms with van der Waals surface area (Å²) in [7, 11) is -2.98. The second-order valence-electron chi connectivity index (χ2n) is 3.11. The lowest BCUT2D eigenvalue weighted by atomic mass is 10.2. The second kappa shape index (κ2) is 4.96. The van der Waals surface area contributed by atoms with E-state index >= 15 is 0 Å². The Morgan fingerprint density at radius 3 is 2.43 bits per heavy atom. The standard InChI is InChI=1S/C11H14O2S/c1-2-3-9-14(12,13)10-11-7-5-4-6-8-11/h2-8H,9-10H2,1H3/b3-2+. The molecule has 0 spiro atoms. The van der Waals surface area contributed by atoms with E-state index in [0.717, 1.165) is 5.56 Å². The lowest BCUT2D eigenvalue weighted by Crippen LogP contribution is -2.07. The molecule has 0 aliphatic heterocycles. The monoisotopic (exact) mass is 210 g/mol. The maximum atomic E-state index is 11.5. The summed E-state index contributed by atoms with van der Waals surface area (Å²) in [5, 5.41) is 0. The quantitative estimate of drug-likeness (QED) is 0.714. The molecule has 0 saturated heterocycles. The van der Waals surface area contributed by atoms with E-state index in [1.807, 2.05) is 37.3 Å². The van der Waals surface area contributed by atoms with Crippen LogP contribution in [-0.2, 0) is 15.6 Å². The molecule has 0 bridgehead atoms. The Balaban J connectivity index is 2.69. The zero-order valence-electron chi connectivity index (χ0n) is 8.18. The van der Waals surface area contributed by atoms with Gasteiger partial charge in [-0.2, -0.15) is 0 Å². The number of allylic oxidation sites excluding steroid dienone is 1. The van der Waals surface area contributed by atoms with Crippen LogP contribution in [0.2, 0.25) is 0 Å². The third kappa shape index (κ3) is 3.75. The fourth-order valence-corrected chi connectivity index (χ4v) is 2.43. The Kier molecular flexibility index (Phi) is 3.89. The van der Waals surface area contributed by atoms with Crippen LogP contribution in [0.15, 0.2) is 42.5 Å². The van der Waals surface area contributed by atoms with Gasteiger partial charge in [0.25, 0.3) is 0 Å². The van der Waals surface area contributed by atoms with Gasteiger partial charge in [0, 0.05) is 0 Å². The number of hydrogen-bond donors (Lipinski definition) is 0. The van der Waals surface area contributed by atoms with Crippen LogP contribution in [0.5, 0.6) is 0 Å². The molecule has 0 aliphatic carbocycles. The summed E-state index contributed by atoms with van der Waals surface area (Å²) in [6.45, 7) is 1.82. The molecule has 3 heteroatoms. The Bertz CT molecular complexity index is 391. The van der Waals surface area contributed by atoms with Crippen molar-refractivity contribution in [2.75, 3.05) is 5.75 Å². The van der Waals surface area contributed by atoms with Gasteiger partial charge >= 0.3 is 0 Å². The minimum Gasteiger partial charge on any atom is -0.228 e. The van der Waals surface area contributed by atoms with Crippen molar-refractivity contribution in [1.29, 1.82) is 0 Å². The lowest BCUT2D eigenvalue weighted by molar-refractivity contribution is 0.598. The Hall–Kier alpha value is -1.09. The smallest absolute Gasteiger partial charge is 0.157 e. The van der Waals surface area contributed by atoms with Crippen LogP contribution in [0, 0.1) is 0 Å². The van der Waals surface area contributed by atoms with Gasteiger partial charge in [0.05, 0.1) is 11.5 Å². The molecule has 2 nitrogen and oxygen atoms in total. The highest BCUT2D eigenvalue weighted by Crippen LogP contribution is 2.06. The van der Waals surface area contributed by atoms with E-state index in [0.29, 0.717) is 0 Å². The summed E-state index contributed by atoms with van der Waals surface area (Å²) in [4.78, 5) is 0. The summed E-state index contributed by atoms with van der Waals surface area (Å²) in [6.07, 6.45) is 3.42. The molecule has 0 unspecified atom stereocenters. The van der Waals surface area contributed by atoms with Gasteiger partial charge in [0.1, 0.15) is 0 Å². The summed E-state index contributed by atoms with van der Waals surface area (Å²) < 4.78 is 23.0. The molecule has 76 valence electrons. The summed E-state index contributed by atoms with van der Waals surface area (Å²) in [5.74, 6) is 0.247. The van der Waals surface area contributed by atoms with E-state index < -0.39 is 9.84 Å². The normalized spacial score (nSPS) is 12.1. The zero-order chi connectivity index (χ0) is 10.4. The summed E-state index contributed by atoms with van der Waals surface area (Å²) in [5.41, 5.74) is 0.844. The zero-order valence-corrected chi connectivity index (χ0v) is 9.00. The van der Waals surface area contributed by atoms with Crippen LogP contribution in [0.25, 0.3) is 0 Å². The SMILES string of the molecule is C/C=C/CS(=O)(=O)Cc1ccccc1. The topological polar surface area (TPSA) is 34.1 Å². The Morgan fingerprint density at radius 2 is 1.86 bits per heavy atom. The van der Waals surface area contributed by atoms with Crippen molar-refractivity contribution in [2.45, 2.75) is 12.7 Å². The fourth-order valence-electron chi connectivity index (χ4n) is 1.13. The van der Waals surface area contributed by atoms with E-state index in [9.17, 15) is 8.42 Å². The second-order valence-corrected chi connectivity index (χ2v) is 5.22. The molecule has 1 aromatic rings. The highest BCUT2D eigenvalue weighted by molar-refractivity contribution is 7.90. The van der Waals surface area contributed by atoms with Crippen LogP contribution in [0.4, 0.5) is 0 Å². The maximum Gasteiger partial charge on any atom is 0.157 e. The van der Waals surface area contributed by atoms with Gasteiger partial charge in [-0.15, -0.1) is 0 Å². The molecule has 0 amide bonds. The third-order valence-corrected chi connectivity index (χ3v) is 3.29. The first-order valence-electron chi connectivity index (χ1n) is 4.49. The molecule has 0 heterocycles. The molecule has 0 radical (unpaired) electrons. The number of sulfone groups is 1.